The van der Waals surface area contributed by atoms with Crippen molar-refractivity contribution < 1.29 is 23.1 Å². The van der Waals surface area contributed by atoms with E-state index in [9.17, 15) is 9.18 Å². The summed E-state index contributed by atoms with van der Waals surface area (Å²) < 4.78 is 29.2. The van der Waals surface area contributed by atoms with Crippen molar-refractivity contribution in [3.05, 3.63) is 71.7 Å². The number of halogens is 1. The Morgan fingerprint density at radius 2 is 1.70 bits per heavy atom. The van der Waals surface area contributed by atoms with Crippen molar-refractivity contribution in [1.82, 2.24) is 5.32 Å². The number of ether oxygens (including phenoxy) is 2. The van der Waals surface area contributed by atoms with Gasteiger partial charge < -0.3 is 19.2 Å². The van der Waals surface area contributed by atoms with Gasteiger partial charge in [0.05, 0.1) is 20.3 Å². The molecule has 1 aromatic heterocycles. The molecule has 3 rings (SSSR count). The van der Waals surface area contributed by atoms with E-state index in [-0.39, 0.29) is 23.5 Å². The highest BCUT2D eigenvalue weighted by Gasteiger charge is 2.17. The van der Waals surface area contributed by atoms with Gasteiger partial charge in [0.15, 0.2) is 17.3 Å². The lowest BCUT2D eigenvalue weighted by molar-refractivity contribution is 0.0912. The molecule has 1 heterocycles. The van der Waals surface area contributed by atoms with Crippen LogP contribution in [0.4, 0.5) is 4.39 Å². The van der Waals surface area contributed by atoms with Gasteiger partial charge in [0, 0.05) is 5.56 Å². The van der Waals surface area contributed by atoms with E-state index in [4.69, 9.17) is 13.9 Å². The molecule has 0 aliphatic carbocycles. The number of furan rings is 1. The summed E-state index contributed by atoms with van der Waals surface area (Å²) >= 11 is 0. The third kappa shape index (κ3) is 4.11. The molecule has 0 aliphatic rings. The Morgan fingerprint density at radius 3 is 2.37 bits per heavy atom. The number of carbonyl (C=O) groups is 1. The first-order chi connectivity index (χ1) is 13.0. The van der Waals surface area contributed by atoms with Gasteiger partial charge in [0.2, 0.25) is 0 Å². The van der Waals surface area contributed by atoms with Crippen molar-refractivity contribution in [1.29, 1.82) is 0 Å². The number of hydrogen-bond acceptors (Lipinski definition) is 4. The first-order valence-electron chi connectivity index (χ1n) is 8.40. The number of benzene rings is 2. The predicted molar refractivity (Wildman–Crippen MR) is 99.5 cm³/mol. The Labute approximate surface area is 156 Å². The molecule has 1 N–H and O–H groups in total. The summed E-state index contributed by atoms with van der Waals surface area (Å²) in [4.78, 5) is 12.5. The monoisotopic (exact) mass is 369 g/mol. The summed E-state index contributed by atoms with van der Waals surface area (Å²) in [6.07, 6.45) is 0. The second-order valence-electron chi connectivity index (χ2n) is 5.98. The number of hydrogen-bond donors (Lipinski definition) is 1. The van der Waals surface area contributed by atoms with E-state index in [1.165, 1.54) is 12.1 Å². The Morgan fingerprint density at radius 1 is 1.00 bits per heavy atom. The summed E-state index contributed by atoms with van der Waals surface area (Å²) in [6.45, 7) is 1.86. The molecule has 1 amide bonds. The van der Waals surface area contributed by atoms with Gasteiger partial charge in [-0.2, -0.15) is 0 Å². The minimum Gasteiger partial charge on any atom is -0.493 e. The number of nitrogens with one attached hydrogen (secondary N) is 1. The van der Waals surface area contributed by atoms with Gasteiger partial charge in [0.1, 0.15) is 11.6 Å². The second-order valence-corrected chi connectivity index (χ2v) is 5.98. The Hall–Kier alpha value is -3.28. The van der Waals surface area contributed by atoms with Crippen molar-refractivity contribution >= 4 is 5.91 Å². The third-order valence-electron chi connectivity index (χ3n) is 4.21. The Kier molecular flexibility index (Phi) is 5.45. The van der Waals surface area contributed by atoms with Crippen molar-refractivity contribution in [3.63, 3.8) is 0 Å². The molecule has 140 valence electrons. The molecule has 0 bridgehead atoms. The van der Waals surface area contributed by atoms with E-state index in [1.807, 2.05) is 19.1 Å². The van der Waals surface area contributed by atoms with Crippen LogP contribution in [0.3, 0.4) is 0 Å². The maximum absolute atomic E-state index is 13.0. The van der Waals surface area contributed by atoms with Crippen LogP contribution in [0.25, 0.3) is 11.3 Å². The highest BCUT2D eigenvalue weighted by molar-refractivity contribution is 5.92. The van der Waals surface area contributed by atoms with Gasteiger partial charge in [-0.15, -0.1) is 0 Å². The maximum atomic E-state index is 13.0. The van der Waals surface area contributed by atoms with Crippen LogP contribution in [0, 0.1) is 5.82 Å². The molecular formula is C21H20FNO4. The minimum absolute atomic E-state index is 0.182. The van der Waals surface area contributed by atoms with Crippen LogP contribution in [0.5, 0.6) is 11.5 Å². The number of rotatable bonds is 6. The number of amides is 1. The SMILES string of the molecule is COc1ccc(C(C)NC(=O)c2ccc(-c3ccc(F)cc3)o2)cc1OC. The zero-order valence-corrected chi connectivity index (χ0v) is 15.3. The molecule has 6 heteroatoms. The molecule has 0 spiro atoms. The van der Waals surface area contributed by atoms with Crippen LogP contribution in [-0.2, 0) is 0 Å². The average Bonchev–Trinajstić information content (AvgIpc) is 3.18. The van der Waals surface area contributed by atoms with E-state index in [2.05, 4.69) is 5.32 Å². The molecule has 3 aromatic rings. The normalized spacial score (nSPS) is 11.7. The first kappa shape index (κ1) is 18.5. The molecule has 0 aliphatic heterocycles. The summed E-state index contributed by atoms with van der Waals surface area (Å²) in [5.41, 5.74) is 1.56. The van der Waals surface area contributed by atoms with E-state index < -0.39 is 0 Å². The van der Waals surface area contributed by atoms with Crippen LogP contribution in [0.1, 0.15) is 29.1 Å². The van der Waals surface area contributed by atoms with Gasteiger partial charge >= 0.3 is 0 Å². The number of methoxy groups -OCH3 is 2. The highest BCUT2D eigenvalue weighted by Crippen LogP contribution is 2.30. The highest BCUT2D eigenvalue weighted by atomic mass is 19.1. The molecule has 1 atom stereocenters. The van der Waals surface area contributed by atoms with Crippen LogP contribution < -0.4 is 14.8 Å². The first-order valence-corrected chi connectivity index (χ1v) is 8.40. The van der Waals surface area contributed by atoms with Crippen molar-refractivity contribution in [3.8, 4) is 22.8 Å². The molecule has 1 unspecified atom stereocenters. The minimum atomic E-state index is -0.342. The zero-order valence-electron chi connectivity index (χ0n) is 15.3. The largest absolute Gasteiger partial charge is 0.493 e. The van der Waals surface area contributed by atoms with E-state index in [0.29, 0.717) is 22.8 Å². The summed E-state index contributed by atoms with van der Waals surface area (Å²) in [5.74, 6) is 1.22. The number of carbonyl (C=O) groups excluding carboxylic acids is 1. The third-order valence-corrected chi connectivity index (χ3v) is 4.21. The van der Waals surface area contributed by atoms with Gasteiger partial charge in [-0.25, -0.2) is 4.39 Å². The van der Waals surface area contributed by atoms with Gasteiger partial charge in [-0.05, 0) is 61.0 Å². The van der Waals surface area contributed by atoms with Gasteiger partial charge in [-0.1, -0.05) is 6.07 Å². The maximum Gasteiger partial charge on any atom is 0.287 e. The lowest BCUT2D eigenvalue weighted by atomic mass is 10.1. The second kappa shape index (κ2) is 7.95. The quantitative estimate of drug-likeness (QED) is 0.690. The van der Waals surface area contributed by atoms with Crippen molar-refractivity contribution in [2.75, 3.05) is 14.2 Å². The molecular weight excluding hydrogens is 349 g/mol. The standard InChI is InChI=1S/C21H20FNO4/c1-13(15-6-9-18(25-2)20(12-15)26-3)23-21(24)19-11-10-17(27-19)14-4-7-16(22)8-5-14/h4-13H,1-3H3,(H,23,24). The predicted octanol–water partition coefficient (Wildman–Crippen LogP) is 4.59. The van der Waals surface area contributed by atoms with Crippen molar-refractivity contribution in [2.45, 2.75) is 13.0 Å². The summed E-state index contributed by atoms with van der Waals surface area (Å²) in [5, 5.41) is 2.89. The molecule has 2 aromatic carbocycles. The lowest BCUT2D eigenvalue weighted by Crippen LogP contribution is -2.26. The van der Waals surface area contributed by atoms with Gasteiger partial charge in [-0.3, -0.25) is 4.79 Å². The fourth-order valence-corrected chi connectivity index (χ4v) is 2.70. The molecule has 0 fully saturated rings. The Bertz CT molecular complexity index is 934. The van der Waals surface area contributed by atoms with E-state index >= 15 is 0 Å². The zero-order chi connectivity index (χ0) is 19.4. The molecule has 0 saturated heterocycles. The smallest absolute Gasteiger partial charge is 0.287 e. The molecule has 0 radical (unpaired) electrons. The fraction of sp³-hybridized carbons (Fsp3) is 0.190. The summed E-state index contributed by atoms with van der Waals surface area (Å²) in [7, 11) is 3.13. The van der Waals surface area contributed by atoms with Gasteiger partial charge in [0.25, 0.3) is 5.91 Å². The van der Waals surface area contributed by atoms with Crippen LogP contribution >= 0.6 is 0 Å². The Balaban J connectivity index is 1.73. The topological polar surface area (TPSA) is 60.7 Å². The summed E-state index contributed by atoms with van der Waals surface area (Å²) in [6, 6.07) is 14.4. The average molecular weight is 369 g/mol. The van der Waals surface area contributed by atoms with Crippen molar-refractivity contribution in [2.24, 2.45) is 0 Å². The molecule has 5 nitrogen and oxygen atoms in total. The van der Waals surface area contributed by atoms with E-state index in [0.717, 1.165) is 5.56 Å². The van der Waals surface area contributed by atoms with Crippen LogP contribution in [0.2, 0.25) is 0 Å². The lowest BCUT2D eigenvalue weighted by Gasteiger charge is -2.16. The molecule has 27 heavy (non-hydrogen) atoms. The van der Waals surface area contributed by atoms with Crippen LogP contribution in [-0.4, -0.2) is 20.1 Å². The molecule has 0 saturated carbocycles. The van der Waals surface area contributed by atoms with Crippen LogP contribution in [0.15, 0.2) is 59.0 Å². The van der Waals surface area contributed by atoms with E-state index in [1.54, 1.807) is 44.6 Å². The fourth-order valence-electron chi connectivity index (χ4n) is 2.70.